The molecule has 3 aromatic carbocycles. The topological polar surface area (TPSA) is 86.8 Å². The van der Waals surface area contributed by atoms with Crippen molar-refractivity contribution >= 4 is 27.5 Å². The summed E-state index contributed by atoms with van der Waals surface area (Å²) in [5.74, 6) is -0.462. The van der Waals surface area contributed by atoms with Crippen LogP contribution in [-0.4, -0.2) is 50.0 Å². The van der Waals surface area contributed by atoms with Gasteiger partial charge in [-0.15, -0.1) is 0 Å². The van der Waals surface area contributed by atoms with E-state index in [-0.39, 0.29) is 24.4 Å². The van der Waals surface area contributed by atoms with Crippen LogP contribution in [0.2, 0.25) is 0 Å². The monoisotopic (exact) mass is 563 g/mol. The average Bonchev–Trinajstić information content (AvgIpc) is 2.89. The average molecular weight is 564 g/mol. The van der Waals surface area contributed by atoms with Gasteiger partial charge in [-0.25, -0.2) is 8.42 Å². The molecule has 0 aliphatic rings. The van der Waals surface area contributed by atoms with Crippen molar-refractivity contribution in [2.45, 2.75) is 65.6 Å². The first-order valence-electron chi connectivity index (χ1n) is 13.6. The Morgan fingerprint density at radius 1 is 0.825 bits per heavy atom. The predicted octanol–water partition coefficient (Wildman–Crippen LogP) is 5.05. The highest BCUT2D eigenvalue weighted by Gasteiger charge is 2.33. The van der Waals surface area contributed by atoms with Crippen LogP contribution < -0.4 is 9.62 Å². The quantitative estimate of drug-likeness (QED) is 0.334. The Hall–Kier alpha value is -3.65. The predicted molar refractivity (Wildman–Crippen MR) is 162 cm³/mol. The molecule has 0 spiro atoms. The molecule has 0 saturated carbocycles. The number of sulfonamides is 1. The van der Waals surface area contributed by atoms with Crippen LogP contribution in [0.25, 0.3) is 0 Å². The molecule has 1 N–H and O–H groups in total. The van der Waals surface area contributed by atoms with Gasteiger partial charge in [-0.2, -0.15) is 0 Å². The van der Waals surface area contributed by atoms with Gasteiger partial charge >= 0.3 is 0 Å². The van der Waals surface area contributed by atoms with Crippen molar-refractivity contribution in [3.8, 4) is 0 Å². The minimum atomic E-state index is -3.80. The lowest BCUT2D eigenvalue weighted by molar-refractivity contribution is -0.140. The van der Waals surface area contributed by atoms with Gasteiger partial charge < -0.3 is 10.2 Å². The Bertz CT molecular complexity index is 1370. The standard InChI is InChI=1S/C32H41N3O4S/c1-23(2)28-16-18-29(19-17-28)35(40(6,38)39)22-31(36)34(21-27-14-12-25(5)13-15-27)30(32(37)33-24(3)4)20-26-10-8-7-9-11-26/h7-19,23-24,30H,20-22H2,1-6H3,(H,33,37)/t30-/m0/s1. The van der Waals surface area contributed by atoms with Crippen LogP contribution in [-0.2, 0) is 32.6 Å². The fourth-order valence-electron chi connectivity index (χ4n) is 4.46. The van der Waals surface area contributed by atoms with Gasteiger partial charge in [0.25, 0.3) is 0 Å². The number of hydrogen-bond acceptors (Lipinski definition) is 4. The molecule has 0 heterocycles. The third-order valence-electron chi connectivity index (χ3n) is 6.70. The Morgan fingerprint density at radius 2 is 1.43 bits per heavy atom. The first-order chi connectivity index (χ1) is 18.8. The molecular weight excluding hydrogens is 522 g/mol. The zero-order valence-electron chi connectivity index (χ0n) is 24.3. The summed E-state index contributed by atoms with van der Waals surface area (Å²) in [5.41, 5.74) is 4.30. The Morgan fingerprint density at radius 3 is 1.95 bits per heavy atom. The van der Waals surface area contributed by atoms with Gasteiger partial charge in [-0.1, -0.05) is 86.1 Å². The summed E-state index contributed by atoms with van der Waals surface area (Å²) >= 11 is 0. The van der Waals surface area contributed by atoms with E-state index >= 15 is 0 Å². The lowest BCUT2D eigenvalue weighted by Crippen LogP contribution is -2.54. The number of amides is 2. The maximum atomic E-state index is 14.1. The molecule has 3 aromatic rings. The highest BCUT2D eigenvalue weighted by atomic mass is 32.2. The smallest absolute Gasteiger partial charge is 0.244 e. The molecule has 2 amide bonds. The first-order valence-corrected chi connectivity index (χ1v) is 15.5. The molecule has 0 bridgehead atoms. The number of nitrogens with one attached hydrogen (secondary N) is 1. The van der Waals surface area contributed by atoms with Crippen LogP contribution in [0.3, 0.4) is 0 Å². The largest absolute Gasteiger partial charge is 0.352 e. The normalized spacial score (nSPS) is 12.3. The van der Waals surface area contributed by atoms with Crippen molar-refractivity contribution in [1.82, 2.24) is 10.2 Å². The minimum absolute atomic E-state index is 0.130. The SMILES string of the molecule is Cc1ccc(CN(C(=O)CN(c2ccc(C(C)C)cc2)S(C)(=O)=O)[C@@H](Cc2ccccc2)C(=O)NC(C)C)cc1. The molecule has 3 rings (SSSR count). The molecule has 0 aromatic heterocycles. The van der Waals surface area contributed by atoms with E-state index in [9.17, 15) is 18.0 Å². The maximum Gasteiger partial charge on any atom is 0.244 e. The van der Waals surface area contributed by atoms with Gasteiger partial charge in [-0.05, 0) is 55.5 Å². The van der Waals surface area contributed by atoms with Crippen LogP contribution in [0.1, 0.15) is 55.9 Å². The molecule has 0 saturated heterocycles. The van der Waals surface area contributed by atoms with Crippen molar-refractivity contribution < 1.29 is 18.0 Å². The number of aryl methyl sites for hydroxylation is 1. The van der Waals surface area contributed by atoms with E-state index in [1.807, 2.05) is 87.5 Å². The number of hydrogen-bond donors (Lipinski definition) is 1. The number of carbonyl (C=O) groups is 2. The zero-order chi connectivity index (χ0) is 29.4. The highest BCUT2D eigenvalue weighted by Crippen LogP contribution is 2.23. The van der Waals surface area contributed by atoms with E-state index in [4.69, 9.17) is 0 Å². The van der Waals surface area contributed by atoms with Crippen molar-refractivity contribution in [2.75, 3.05) is 17.1 Å². The molecular formula is C32H41N3O4S. The Kier molecular flexibility index (Phi) is 10.5. The Balaban J connectivity index is 2.03. The van der Waals surface area contributed by atoms with Gasteiger partial charge in [0.2, 0.25) is 21.8 Å². The van der Waals surface area contributed by atoms with E-state index in [1.54, 1.807) is 12.1 Å². The summed E-state index contributed by atoms with van der Waals surface area (Å²) < 4.78 is 27.0. The summed E-state index contributed by atoms with van der Waals surface area (Å²) in [4.78, 5) is 29.2. The molecule has 0 unspecified atom stereocenters. The number of nitrogens with zero attached hydrogens (tertiary/aromatic N) is 2. The molecule has 1 atom stereocenters. The maximum absolute atomic E-state index is 14.1. The lowest BCUT2D eigenvalue weighted by Gasteiger charge is -2.34. The van der Waals surface area contributed by atoms with Gasteiger partial charge in [0.05, 0.1) is 11.9 Å². The first kappa shape index (κ1) is 30.9. The van der Waals surface area contributed by atoms with Crippen LogP contribution in [0.4, 0.5) is 5.69 Å². The van der Waals surface area contributed by atoms with Gasteiger partial charge in [0.1, 0.15) is 12.6 Å². The second-order valence-electron chi connectivity index (χ2n) is 10.9. The lowest BCUT2D eigenvalue weighted by atomic mass is 10.0. The summed E-state index contributed by atoms with van der Waals surface area (Å²) in [7, 11) is -3.80. The fourth-order valence-corrected chi connectivity index (χ4v) is 5.31. The van der Waals surface area contributed by atoms with Crippen molar-refractivity contribution in [3.63, 3.8) is 0 Å². The third kappa shape index (κ3) is 8.68. The summed E-state index contributed by atoms with van der Waals surface area (Å²) in [6.45, 7) is 9.58. The molecule has 40 heavy (non-hydrogen) atoms. The third-order valence-corrected chi connectivity index (χ3v) is 7.84. The molecule has 8 heteroatoms. The summed E-state index contributed by atoms with van der Waals surface area (Å²) in [6.07, 6.45) is 1.38. The van der Waals surface area contributed by atoms with E-state index < -0.39 is 28.5 Å². The molecule has 0 fully saturated rings. The number of benzene rings is 3. The van der Waals surface area contributed by atoms with Gasteiger partial charge in [0.15, 0.2) is 0 Å². The highest BCUT2D eigenvalue weighted by molar-refractivity contribution is 7.92. The fraction of sp³-hybridized carbons (Fsp3) is 0.375. The van der Waals surface area contributed by atoms with Gasteiger partial charge in [0, 0.05) is 19.0 Å². The van der Waals surface area contributed by atoms with Crippen molar-refractivity contribution in [2.24, 2.45) is 0 Å². The molecule has 0 aliphatic heterocycles. The molecule has 214 valence electrons. The van der Waals surface area contributed by atoms with E-state index in [2.05, 4.69) is 19.2 Å². The minimum Gasteiger partial charge on any atom is -0.352 e. The van der Waals surface area contributed by atoms with E-state index in [0.29, 0.717) is 12.1 Å². The van der Waals surface area contributed by atoms with Crippen LogP contribution in [0.15, 0.2) is 78.9 Å². The van der Waals surface area contributed by atoms with Crippen LogP contribution >= 0.6 is 0 Å². The van der Waals surface area contributed by atoms with Crippen molar-refractivity contribution in [3.05, 3.63) is 101 Å². The van der Waals surface area contributed by atoms with E-state index in [1.165, 1.54) is 4.90 Å². The Labute approximate surface area is 239 Å². The number of carbonyl (C=O) groups excluding carboxylic acids is 2. The molecule has 7 nitrogen and oxygen atoms in total. The van der Waals surface area contributed by atoms with E-state index in [0.717, 1.165) is 32.8 Å². The van der Waals surface area contributed by atoms with Crippen molar-refractivity contribution in [1.29, 1.82) is 0 Å². The zero-order valence-corrected chi connectivity index (χ0v) is 25.1. The van der Waals surface area contributed by atoms with Crippen LogP contribution in [0, 0.1) is 6.92 Å². The summed E-state index contributed by atoms with van der Waals surface area (Å²) in [5, 5.41) is 2.96. The second-order valence-corrected chi connectivity index (χ2v) is 12.8. The number of anilines is 1. The molecule has 0 radical (unpaired) electrons. The molecule has 0 aliphatic carbocycles. The van der Waals surface area contributed by atoms with Crippen LogP contribution in [0.5, 0.6) is 0 Å². The number of rotatable bonds is 12. The summed E-state index contributed by atoms with van der Waals surface area (Å²) in [6, 6.07) is 23.5. The second kappa shape index (κ2) is 13.6. The van der Waals surface area contributed by atoms with Gasteiger partial charge in [-0.3, -0.25) is 13.9 Å².